The van der Waals surface area contributed by atoms with Gasteiger partial charge in [0.25, 0.3) is 0 Å². The molecule has 1 aliphatic rings. The van der Waals surface area contributed by atoms with E-state index in [1.165, 1.54) is 25.7 Å². The molecule has 0 heterocycles. The lowest BCUT2D eigenvalue weighted by molar-refractivity contribution is 0.465. The summed E-state index contributed by atoms with van der Waals surface area (Å²) in [6, 6.07) is 0. The SMILES string of the molecule is CC.CCC1CC=CCC1. The highest BCUT2D eigenvalue weighted by Crippen LogP contribution is 2.20. The van der Waals surface area contributed by atoms with Gasteiger partial charge in [0.05, 0.1) is 0 Å². The number of allylic oxidation sites excluding steroid dienone is 2. The minimum atomic E-state index is 1.000. The van der Waals surface area contributed by atoms with E-state index in [1.807, 2.05) is 13.8 Å². The molecule has 0 radical (unpaired) electrons. The fourth-order valence-electron chi connectivity index (χ4n) is 1.23. The lowest BCUT2D eigenvalue weighted by Crippen LogP contribution is -1.99. The summed E-state index contributed by atoms with van der Waals surface area (Å²) in [5.41, 5.74) is 0. The zero-order chi connectivity index (χ0) is 7.82. The van der Waals surface area contributed by atoms with Gasteiger partial charge < -0.3 is 0 Å². The van der Waals surface area contributed by atoms with E-state index in [0.717, 1.165) is 5.92 Å². The summed E-state index contributed by atoms with van der Waals surface area (Å²) in [4.78, 5) is 0. The van der Waals surface area contributed by atoms with Crippen LogP contribution in [0.1, 0.15) is 46.5 Å². The van der Waals surface area contributed by atoms with E-state index in [-0.39, 0.29) is 0 Å². The maximum absolute atomic E-state index is 2.32. The maximum Gasteiger partial charge on any atom is -0.0322 e. The van der Waals surface area contributed by atoms with E-state index in [4.69, 9.17) is 0 Å². The third-order valence-corrected chi connectivity index (χ3v) is 1.96. The van der Waals surface area contributed by atoms with Crippen molar-refractivity contribution in [3.63, 3.8) is 0 Å². The van der Waals surface area contributed by atoms with Crippen molar-refractivity contribution in [2.75, 3.05) is 0 Å². The largest absolute Gasteiger partial charge is 0.0885 e. The molecule has 0 N–H and O–H groups in total. The molecule has 1 atom stereocenters. The van der Waals surface area contributed by atoms with E-state index in [1.54, 1.807) is 0 Å². The second-order valence-corrected chi connectivity index (χ2v) is 2.56. The van der Waals surface area contributed by atoms with Gasteiger partial charge in [0, 0.05) is 0 Å². The summed E-state index contributed by atoms with van der Waals surface area (Å²) in [6.45, 7) is 6.28. The molecule has 0 aromatic rings. The van der Waals surface area contributed by atoms with Crippen LogP contribution in [0.2, 0.25) is 0 Å². The molecule has 0 nitrogen and oxygen atoms in total. The molecule has 0 aromatic carbocycles. The van der Waals surface area contributed by atoms with Gasteiger partial charge in [-0.15, -0.1) is 0 Å². The predicted molar refractivity (Wildman–Crippen MR) is 48.1 cm³/mol. The van der Waals surface area contributed by atoms with Crippen LogP contribution in [0.25, 0.3) is 0 Å². The normalized spacial score (nSPS) is 23.3. The second kappa shape index (κ2) is 6.85. The fourth-order valence-corrected chi connectivity index (χ4v) is 1.23. The molecule has 0 bridgehead atoms. The first kappa shape index (κ1) is 9.74. The number of rotatable bonds is 1. The van der Waals surface area contributed by atoms with Gasteiger partial charge >= 0.3 is 0 Å². The van der Waals surface area contributed by atoms with Crippen molar-refractivity contribution in [3.8, 4) is 0 Å². The summed E-state index contributed by atoms with van der Waals surface area (Å²) < 4.78 is 0. The first-order valence-electron chi connectivity index (χ1n) is 4.58. The Morgan fingerprint density at radius 2 is 2.00 bits per heavy atom. The Kier molecular flexibility index (Phi) is 6.68. The molecular formula is C10H20. The highest BCUT2D eigenvalue weighted by Gasteiger charge is 2.04. The van der Waals surface area contributed by atoms with Crippen LogP contribution < -0.4 is 0 Å². The Labute approximate surface area is 65.3 Å². The zero-order valence-corrected chi connectivity index (χ0v) is 7.56. The van der Waals surface area contributed by atoms with Crippen LogP contribution in [0.4, 0.5) is 0 Å². The quantitative estimate of drug-likeness (QED) is 0.486. The van der Waals surface area contributed by atoms with E-state index in [9.17, 15) is 0 Å². The van der Waals surface area contributed by atoms with Gasteiger partial charge in [0.1, 0.15) is 0 Å². The average molecular weight is 140 g/mol. The van der Waals surface area contributed by atoms with E-state index >= 15 is 0 Å². The Bertz CT molecular complexity index is 82.0. The molecular weight excluding hydrogens is 120 g/mol. The molecule has 0 aromatic heterocycles. The molecule has 1 unspecified atom stereocenters. The molecule has 0 amide bonds. The van der Waals surface area contributed by atoms with Crippen LogP contribution >= 0.6 is 0 Å². The number of hydrogen-bond acceptors (Lipinski definition) is 0. The minimum Gasteiger partial charge on any atom is -0.0885 e. The molecule has 0 spiro atoms. The number of hydrogen-bond donors (Lipinski definition) is 0. The van der Waals surface area contributed by atoms with Crippen molar-refractivity contribution in [3.05, 3.63) is 12.2 Å². The van der Waals surface area contributed by atoms with Crippen LogP contribution in [0.3, 0.4) is 0 Å². The minimum absolute atomic E-state index is 1.000. The summed E-state index contributed by atoms with van der Waals surface area (Å²) in [5.74, 6) is 1.000. The van der Waals surface area contributed by atoms with Gasteiger partial charge in [-0.25, -0.2) is 0 Å². The predicted octanol–water partition coefficient (Wildman–Crippen LogP) is 3.78. The van der Waals surface area contributed by atoms with Gasteiger partial charge in [0.15, 0.2) is 0 Å². The molecule has 0 saturated heterocycles. The lowest BCUT2D eigenvalue weighted by Gasteiger charge is -2.13. The standard InChI is InChI=1S/C8H14.C2H6/c1-2-8-6-4-3-5-7-8;1-2/h3-4,8H,2,5-7H2,1H3;1-2H3. The van der Waals surface area contributed by atoms with Crippen molar-refractivity contribution in [1.29, 1.82) is 0 Å². The summed E-state index contributed by atoms with van der Waals surface area (Å²) in [7, 11) is 0. The van der Waals surface area contributed by atoms with Gasteiger partial charge in [-0.05, 0) is 25.2 Å². The Hall–Kier alpha value is -0.260. The maximum atomic E-state index is 2.32. The van der Waals surface area contributed by atoms with Crippen molar-refractivity contribution in [2.45, 2.75) is 46.5 Å². The van der Waals surface area contributed by atoms with Crippen molar-refractivity contribution in [2.24, 2.45) is 5.92 Å². The van der Waals surface area contributed by atoms with E-state index < -0.39 is 0 Å². The lowest BCUT2D eigenvalue weighted by atomic mass is 9.92. The third kappa shape index (κ3) is 3.71. The average Bonchev–Trinajstić information content (AvgIpc) is 2.10. The van der Waals surface area contributed by atoms with Crippen molar-refractivity contribution in [1.82, 2.24) is 0 Å². The highest BCUT2D eigenvalue weighted by molar-refractivity contribution is 4.89. The van der Waals surface area contributed by atoms with Crippen LogP contribution in [0, 0.1) is 5.92 Å². The zero-order valence-electron chi connectivity index (χ0n) is 7.56. The van der Waals surface area contributed by atoms with E-state index in [0.29, 0.717) is 0 Å². The third-order valence-electron chi connectivity index (χ3n) is 1.96. The molecule has 1 aliphatic carbocycles. The first-order chi connectivity index (χ1) is 4.93. The van der Waals surface area contributed by atoms with Crippen molar-refractivity contribution >= 4 is 0 Å². The highest BCUT2D eigenvalue weighted by atomic mass is 14.1. The van der Waals surface area contributed by atoms with Crippen molar-refractivity contribution < 1.29 is 0 Å². The summed E-state index contributed by atoms with van der Waals surface area (Å²) in [5, 5.41) is 0. The Morgan fingerprint density at radius 3 is 2.30 bits per heavy atom. The van der Waals surface area contributed by atoms with Crippen LogP contribution in [-0.2, 0) is 0 Å². The Morgan fingerprint density at radius 1 is 1.30 bits per heavy atom. The Balaban J connectivity index is 0.000000371. The molecule has 0 saturated carbocycles. The molecule has 1 rings (SSSR count). The van der Waals surface area contributed by atoms with Gasteiger partial charge in [-0.1, -0.05) is 39.3 Å². The molecule has 0 heteroatoms. The fraction of sp³-hybridized carbons (Fsp3) is 0.800. The summed E-state index contributed by atoms with van der Waals surface area (Å²) in [6.07, 6.45) is 10.1. The van der Waals surface area contributed by atoms with Crippen LogP contribution in [0.15, 0.2) is 12.2 Å². The topological polar surface area (TPSA) is 0 Å². The monoisotopic (exact) mass is 140 g/mol. The van der Waals surface area contributed by atoms with Gasteiger partial charge in [-0.3, -0.25) is 0 Å². The smallest absolute Gasteiger partial charge is 0.0322 e. The van der Waals surface area contributed by atoms with E-state index in [2.05, 4.69) is 19.1 Å². The van der Waals surface area contributed by atoms with Crippen LogP contribution in [-0.4, -0.2) is 0 Å². The van der Waals surface area contributed by atoms with Gasteiger partial charge in [-0.2, -0.15) is 0 Å². The summed E-state index contributed by atoms with van der Waals surface area (Å²) >= 11 is 0. The second-order valence-electron chi connectivity index (χ2n) is 2.56. The van der Waals surface area contributed by atoms with Crippen LogP contribution in [0.5, 0.6) is 0 Å². The molecule has 60 valence electrons. The first-order valence-corrected chi connectivity index (χ1v) is 4.58. The van der Waals surface area contributed by atoms with Gasteiger partial charge in [0.2, 0.25) is 0 Å². The molecule has 0 fully saturated rings. The molecule has 0 aliphatic heterocycles. The molecule has 10 heavy (non-hydrogen) atoms.